The third-order valence-electron chi connectivity index (χ3n) is 4.77. The van der Waals surface area contributed by atoms with Crippen molar-refractivity contribution in [2.75, 3.05) is 33.9 Å². The number of likely N-dealkylation sites (tertiary alicyclic amines) is 1. The van der Waals surface area contributed by atoms with E-state index in [0.29, 0.717) is 35.6 Å². The van der Waals surface area contributed by atoms with Crippen molar-refractivity contribution in [1.29, 1.82) is 0 Å². The molecule has 0 aromatic heterocycles. The Kier molecular flexibility index (Phi) is 6.88. The van der Waals surface area contributed by atoms with Gasteiger partial charge >= 0.3 is 0 Å². The van der Waals surface area contributed by atoms with Gasteiger partial charge in [-0.2, -0.15) is 0 Å². The average Bonchev–Trinajstić information content (AvgIpc) is 3.05. The van der Waals surface area contributed by atoms with E-state index < -0.39 is 0 Å². The van der Waals surface area contributed by atoms with Gasteiger partial charge in [-0.1, -0.05) is 19.9 Å². The number of carbonyl (C=O) groups excluding carboxylic acids is 1. The van der Waals surface area contributed by atoms with Crippen LogP contribution in [0.3, 0.4) is 0 Å². The van der Waals surface area contributed by atoms with Gasteiger partial charge in [0.1, 0.15) is 0 Å². The van der Waals surface area contributed by atoms with E-state index in [-0.39, 0.29) is 5.91 Å². The largest absolute Gasteiger partial charge is 0.493 e. The van der Waals surface area contributed by atoms with Gasteiger partial charge in [0.2, 0.25) is 0 Å². The number of benzene rings is 1. The molecule has 1 aromatic carbocycles. The van der Waals surface area contributed by atoms with Crippen molar-refractivity contribution in [3.05, 3.63) is 35.9 Å². The van der Waals surface area contributed by atoms with Crippen LogP contribution in [0.15, 0.2) is 24.8 Å². The molecule has 1 unspecified atom stereocenters. The SMILES string of the molecule is C=CCN1CCCC1CNC(=O)c1cc(C(C)C)cc(OC)c1OC. The minimum absolute atomic E-state index is 0.122. The summed E-state index contributed by atoms with van der Waals surface area (Å²) in [5.41, 5.74) is 1.58. The zero-order valence-electron chi connectivity index (χ0n) is 15.8. The first-order valence-corrected chi connectivity index (χ1v) is 8.90. The number of rotatable bonds is 8. The summed E-state index contributed by atoms with van der Waals surface area (Å²) in [6, 6.07) is 4.20. The number of ether oxygens (including phenoxy) is 2. The Labute approximate surface area is 151 Å². The summed E-state index contributed by atoms with van der Waals surface area (Å²) in [7, 11) is 3.15. The summed E-state index contributed by atoms with van der Waals surface area (Å²) in [5.74, 6) is 1.25. The predicted octanol–water partition coefficient (Wildman–Crippen LogP) is 3.21. The molecule has 1 fully saturated rings. The summed E-state index contributed by atoms with van der Waals surface area (Å²) in [6.07, 6.45) is 4.18. The van der Waals surface area contributed by atoms with Gasteiger partial charge in [-0.25, -0.2) is 0 Å². The van der Waals surface area contributed by atoms with E-state index in [1.165, 1.54) is 0 Å². The molecule has 1 saturated heterocycles. The minimum atomic E-state index is -0.122. The molecule has 5 nitrogen and oxygen atoms in total. The van der Waals surface area contributed by atoms with Gasteiger partial charge in [-0.3, -0.25) is 9.69 Å². The van der Waals surface area contributed by atoms with Crippen molar-refractivity contribution in [1.82, 2.24) is 10.2 Å². The molecular weight excluding hydrogens is 316 g/mol. The van der Waals surface area contributed by atoms with Crippen LogP contribution in [-0.2, 0) is 0 Å². The van der Waals surface area contributed by atoms with Crippen molar-refractivity contribution in [3.8, 4) is 11.5 Å². The van der Waals surface area contributed by atoms with Crippen LogP contribution in [0, 0.1) is 0 Å². The number of nitrogens with zero attached hydrogens (tertiary/aromatic N) is 1. The maximum Gasteiger partial charge on any atom is 0.255 e. The molecule has 5 heteroatoms. The quantitative estimate of drug-likeness (QED) is 0.735. The monoisotopic (exact) mass is 346 g/mol. The first kappa shape index (κ1) is 19.3. The molecule has 25 heavy (non-hydrogen) atoms. The lowest BCUT2D eigenvalue weighted by molar-refractivity contribution is 0.0938. The normalized spacial score (nSPS) is 17.6. The van der Waals surface area contributed by atoms with Crippen LogP contribution in [-0.4, -0.2) is 50.7 Å². The Hall–Kier alpha value is -2.01. The van der Waals surface area contributed by atoms with Gasteiger partial charge in [-0.15, -0.1) is 6.58 Å². The third-order valence-corrected chi connectivity index (χ3v) is 4.77. The van der Waals surface area contributed by atoms with Crippen molar-refractivity contribution < 1.29 is 14.3 Å². The number of hydrogen-bond acceptors (Lipinski definition) is 4. The molecule has 1 heterocycles. The van der Waals surface area contributed by atoms with E-state index in [0.717, 1.165) is 31.5 Å². The van der Waals surface area contributed by atoms with Crippen LogP contribution in [0.2, 0.25) is 0 Å². The number of hydrogen-bond donors (Lipinski definition) is 1. The van der Waals surface area contributed by atoms with E-state index in [1.807, 2.05) is 18.2 Å². The zero-order chi connectivity index (χ0) is 18.4. The van der Waals surface area contributed by atoms with Crippen molar-refractivity contribution in [2.45, 2.75) is 38.6 Å². The Morgan fingerprint density at radius 1 is 1.40 bits per heavy atom. The molecule has 1 amide bonds. The molecule has 1 aliphatic rings. The fourth-order valence-corrected chi connectivity index (χ4v) is 3.33. The maximum atomic E-state index is 12.8. The molecule has 0 saturated carbocycles. The standard InChI is InChI=1S/C20H30N2O3/c1-6-9-22-10-7-8-16(22)13-21-20(23)17-11-15(14(2)3)12-18(24-4)19(17)25-5/h6,11-12,14,16H,1,7-10,13H2,2-5H3,(H,21,23). The lowest BCUT2D eigenvalue weighted by Crippen LogP contribution is -2.40. The van der Waals surface area contributed by atoms with Gasteiger partial charge in [0, 0.05) is 19.1 Å². The molecule has 138 valence electrons. The second kappa shape index (κ2) is 8.90. The van der Waals surface area contributed by atoms with E-state index in [4.69, 9.17) is 9.47 Å². The number of carbonyl (C=O) groups is 1. The molecule has 0 spiro atoms. The second-order valence-electron chi connectivity index (χ2n) is 6.75. The van der Waals surface area contributed by atoms with Gasteiger partial charge < -0.3 is 14.8 Å². The van der Waals surface area contributed by atoms with Crippen LogP contribution in [0.1, 0.15) is 48.5 Å². The van der Waals surface area contributed by atoms with Crippen LogP contribution in [0.25, 0.3) is 0 Å². The fourth-order valence-electron chi connectivity index (χ4n) is 3.33. The Morgan fingerprint density at radius 2 is 2.16 bits per heavy atom. The molecule has 1 aromatic rings. The summed E-state index contributed by atoms with van der Waals surface area (Å²) in [5, 5.41) is 3.07. The smallest absolute Gasteiger partial charge is 0.255 e. The van der Waals surface area contributed by atoms with Crippen LogP contribution in [0.4, 0.5) is 0 Å². The predicted molar refractivity (Wildman–Crippen MR) is 101 cm³/mol. The van der Waals surface area contributed by atoms with E-state index in [2.05, 4.69) is 30.6 Å². The molecule has 0 bridgehead atoms. The maximum absolute atomic E-state index is 12.8. The zero-order valence-corrected chi connectivity index (χ0v) is 15.8. The van der Waals surface area contributed by atoms with Crippen LogP contribution >= 0.6 is 0 Å². The Bertz CT molecular complexity index is 613. The van der Waals surface area contributed by atoms with Gasteiger partial charge in [0.05, 0.1) is 19.8 Å². The molecule has 1 aliphatic heterocycles. The highest BCUT2D eigenvalue weighted by atomic mass is 16.5. The summed E-state index contributed by atoms with van der Waals surface area (Å²) < 4.78 is 10.9. The van der Waals surface area contributed by atoms with E-state index in [1.54, 1.807) is 14.2 Å². The highest BCUT2D eigenvalue weighted by Gasteiger charge is 2.25. The first-order chi connectivity index (χ1) is 12.0. The Balaban J connectivity index is 2.17. The molecule has 0 radical (unpaired) electrons. The average molecular weight is 346 g/mol. The van der Waals surface area contributed by atoms with Crippen molar-refractivity contribution >= 4 is 5.91 Å². The molecule has 1 N–H and O–H groups in total. The molecule has 0 aliphatic carbocycles. The summed E-state index contributed by atoms with van der Waals surface area (Å²) >= 11 is 0. The van der Waals surface area contributed by atoms with E-state index >= 15 is 0 Å². The molecular formula is C20H30N2O3. The van der Waals surface area contributed by atoms with Crippen LogP contribution in [0.5, 0.6) is 11.5 Å². The number of nitrogens with one attached hydrogen (secondary N) is 1. The van der Waals surface area contributed by atoms with Crippen molar-refractivity contribution in [2.24, 2.45) is 0 Å². The summed E-state index contributed by atoms with van der Waals surface area (Å²) in [4.78, 5) is 15.2. The second-order valence-corrected chi connectivity index (χ2v) is 6.75. The Morgan fingerprint density at radius 3 is 2.76 bits per heavy atom. The van der Waals surface area contributed by atoms with E-state index in [9.17, 15) is 4.79 Å². The topological polar surface area (TPSA) is 50.8 Å². The summed E-state index contributed by atoms with van der Waals surface area (Å²) in [6.45, 7) is 10.5. The number of methoxy groups -OCH3 is 2. The highest BCUT2D eigenvalue weighted by Crippen LogP contribution is 2.35. The minimum Gasteiger partial charge on any atom is -0.493 e. The van der Waals surface area contributed by atoms with Gasteiger partial charge in [-0.05, 0) is 43.0 Å². The lowest BCUT2D eigenvalue weighted by Gasteiger charge is -2.23. The third kappa shape index (κ3) is 4.54. The number of amides is 1. The highest BCUT2D eigenvalue weighted by molar-refractivity contribution is 5.98. The lowest BCUT2D eigenvalue weighted by atomic mass is 9.99. The van der Waals surface area contributed by atoms with Crippen LogP contribution < -0.4 is 14.8 Å². The van der Waals surface area contributed by atoms with Gasteiger partial charge in [0.15, 0.2) is 11.5 Å². The molecule has 2 rings (SSSR count). The fraction of sp³-hybridized carbons (Fsp3) is 0.550. The van der Waals surface area contributed by atoms with Gasteiger partial charge in [0.25, 0.3) is 5.91 Å². The van der Waals surface area contributed by atoms with Crippen molar-refractivity contribution in [3.63, 3.8) is 0 Å². The first-order valence-electron chi connectivity index (χ1n) is 8.90. The molecule has 1 atom stereocenters.